The van der Waals surface area contributed by atoms with Gasteiger partial charge in [0.2, 0.25) is 0 Å². The van der Waals surface area contributed by atoms with Crippen LogP contribution in [0.5, 0.6) is 5.75 Å². The van der Waals surface area contributed by atoms with E-state index in [9.17, 15) is 8.42 Å². The molecule has 0 aliphatic carbocycles. The van der Waals surface area contributed by atoms with E-state index in [-0.39, 0.29) is 4.90 Å². The molecule has 0 spiro atoms. The number of sulfone groups is 1. The van der Waals surface area contributed by atoms with Gasteiger partial charge in [0.25, 0.3) is 0 Å². The van der Waals surface area contributed by atoms with E-state index >= 15 is 0 Å². The molecule has 0 bridgehead atoms. The van der Waals surface area contributed by atoms with Gasteiger partial charge in [-0.3, -0.25) is 0 Å². The summed E-state index contributed by atoms with van der Waals surface area (Å²) in [5.74, 6) is 0.723. The first kappa shape index (κ1) is 14.2. The molecule has 0 aliphatic rings. The molecular formula is C14H16N2O3S. The lowest BCUT2D eigenvalue weighted by Crippen LogP contribution is -2.01. The zero-order valence-corrected chi connectivity index (χ0v) is 12.1. The lowest BCUT2D eigenvalue weighted by molar-refractivity contribution is 0.415. The Morgan fingerprint density at radius 2 is 1.90 bits per heavy atom. The van der Waals surface area contributed by atoms with E-state index in [4.69, 9.17) is 10.5 Å². The Hall–Kier alpha value is -2.21. The highest BCUT2D eigenvalue weighted by molar-refractivity contribution is 7.90. The third kappa shape index (κ3) is 3.21. The minimum absolute atomic E-state index is 0.200. The van der Waals surface area contributed by atoms with Gasteiger partial charge in [0.1, 0.15) is 5.75 Å². The SMILES string of the molecule is COc1cccc(Nc2ccc(S(C)(=O)=O)cc2N)c1. The van der Waals surface area contributed by atoms with Crippen LogP contribution in [0.4, 0.5) is 17.1 Å². The fourth-order valence-electron chi connectivity index (χ4n) is 1.74. The molecular weight excluding hydrogens is 276 g/mol. The number of nitrogens with two attached hydrogens (primary N) is 1. The largest absolute Gasteiger partial charge is 0.497 e. The molecule has 0 aromatic heterocycles. The van der Waals surface area contributed by atoms with Gasteiger partial charge in [0.05, 0.1) is 23.4 Å². The zero-order chi connectivity index (χ0) is 14.8. The number of rotatable bonds is 4. The summed E-state index contributed by atoms with van der Waals surface area (Å²) in [4.78, 5) is 0.200. The normalized spacial score (nSPS) is 11.1. The number of benzene rings is 2. The van der Waals surface area contributed by atoms with Gasteiger partial charge in [-0.25, -0.2) is 8.42 Å². The Morgan fingerprint density at radius 1 is 1.15 bits per heavy atom. The number of ether oxygens (including phenoxy) is 1. The standard InChI is InChI=1S/C14H16N2O3S/c1-19-11-5-3-4-10(8-11)16-14-7-6-12(9-13(14)15)20(2,17)18/h3-9,16H,15H2,1-2H3. The van der Waals surface area contributed by atoms with E-state index in [0.29, 0.717) is 11.4 Å². The van der Waals surface area contributed by atoms with Crippen molar-refractivity contribution in [1.29, 1.82) is 0 Å². The van der Waals surface area contributed by atoms with Crippen LogP contribution in [-0.4, -0.2) is 21.8 Å². The quantitative estimate of drug-likeness (QED) is 0.846. The smallest absolute Gasteiger partial charge is 0.175 e. The summed E-state index contributed by atoms with van der Waals surface area (Å²) in [7, 11) is -1.66. The predicted molar refractivity (Wildman–Crippen MR) is 80.2 cm³/mol. The fourth-order valence-corrected chi connectivity index (χ4v) is 2.40. The average Bonchev–Trinajstić information content (AvgIpc) is 2.40. The maximum Gasteiger partial charge on any atom is 0.175 e. The molecule has 0 amide bonds. The molecule has 2 aromatic carbocycles. The van der Waals surface area contributed by atoms with Crippen molar-refractivity contribution in [2.45, 2.75) is 4.90 Å². The Labute approximate surface area is 118 Å². The maximum absolute atomic E-state index is 11.4. The molecule has 0 saturated heterocycles. The van der Waals surface area contributed by atoms with E-state index in [1.807, 2.05) is 24.3 Å². The van der Waals surface area contributed by atoms with Gasteiger partial charge in [-0.1, -0.05) is 6.07 Å². The van der Waals surface area contributed by atoms with Crippen LogP contribution in [0.1, 0.15) is 0 Å². The van der Waals surface area contributed by atoms with Gasteiger partial charge in [-0.05, 0) is 30.3 Å². The molecule has 2 aromatic rings. The van der Waals surface area contributed by atoms with E-state index in [1.54, 1.807) is 13.2 Å². The molecule has 0 heterocycles. The number of methoxy groups -OCH3 is 1. The summed E-state index contributed by atoms with van der Waals surface area (Å²) in [5, 5.41) is 3.13. The summed E-state index contributed by atoms with van der Waals surface area (Å²) < 4.78 is 28.0. The molecule has 6 heteroatoms. The molecule has 0 saturated carbocycles. The van der Waals surface area contributed by atoms with Crippen LogP contribution in [-0.2, 0) is 9.84 Å². The Kier molecular flexibility index (Phi) is 3.85. The van der Waals surface area contributed by atoms with Crippen molar-refractivity contribution in [3.63, 3.8) is 0 Å². The highest BCUT2D eigenvalue weighted by Gasteiger charge is 2.09. The maximum atomic E-state index is 11.4. The molecule has 0 unspecified atom stereocenters. The van der Waals surface area contributed by atoms with Crippen molar-refractivity contribution in [2.75, 3.05) is 24.4 Å². The van der Waals surface area contributed by atoms with Crippen molar-refractivity contribution in [3.05, 3.63) is 42.5 Å². The third-order valence-corrected chi connectivity index (χ3v) is 3.91. The summed E-state index contributed by atoms with van der Waals surface area (Å²) in [6, 6.07) is 12.0. The summed E-state index contributed by atoms with van der Waals surface area (Å²) in [6.45, 7) is 0. The molecule has 2 rings (SSSR count). The highest BCUT2D eigenvalue weighted by Crippen LogP contribution is 2.27. The second kappa shape index (κ2) is 5.42. The topological polar surface area (TPSA) is 81.4 Å². The minimum atomic E-state index is -3.25. The van der Waals surface area contributed by atoms with Gasteiger partial charge in [-0.2, -0.15) is 0 Å². The molecule has 0 fully saturated rings. The van der Waals surface area contributed by atoms with E-state index in [0.717, 1.165) is 17.7 Å². The first-order chi connectivity index (χ1) is 9.40. The predicted octanol–water partition coefficient (Wildman–Crippen LogP) is 2.42. The summed E-state index contributed by atoms with van der Waals surface area (Å²) >= 11 is 0. The van der Waals surface area contributed by atoms with E-state index in [1.165, 1.54) is 12.1 Å². The first-order valence-corrected chi connectivity index (χ1v) is 7.80. The lowest BCUT2D eigenvalue weighted by atomic mass is 10.2. The van der Waals surface area contributed by atoms with Crippen molar-refractivity contribution in [1.82, 2.24) is 0 Å². The Morgan fingerprint density at radius 3 is 2.50 bits per heavy atom. The van der Waals surface area contributed by atoms with Gasteiger partial charge in [-0.15, -0.1) is 0 Å². The van der Waals surface area contributed by atoms with Crippen molar-refractivity contribution < 1.29 is 13.2 Å². The van der Waals surface area contributed by atoms with Crippen LogP contribution >= 0.6 is 0 Å². The second-order valence-corrected chi connectivity index (χ2v) is 6.39. The third-order valence-electron chi connectivity index (χ3n) is 2.80. The van der Waals surface area contributed by atoms with Gasteiger partial charge in [0, 0.05) is 18.0 Å². The lowest BCUT2D eigenvalue weighted by Gasteiger charge is -2.11. The van der Waals surface area contributed by atoms with Gasteiger partial charge >= 0.3 is 0 Å². The number of anilines is 3. The minimum Gasteiger partial charge on any atom is -0.497 e. The second-order valence-electron chi connectivity index (χ2n) is 4.38. The Balaban J connectivity index is 2.30. The molecule has 20 heavy (non-hydrogen) atoms. The van der Waals surface area contributed by atoms with Crippen molar-refractivity contribution in [3.8, 4) is 5.75 Å². The van der Waals surface area contributed by atoms with Crippen LogP contribution in [0.15, 0.2) is 47.4 Å². The fraction of sp³-hybridized carbons (Fsp3) is 0.143. The molecule has 3 N–H and O–H groups in total. The van der Waals surface area contributed by atoms with E-state index < -0.39 is 9.84 Å². The summed E-state index contributed by atoms with van der Waals surface area (Å²) in [6.07, 6.45) is 1.15. The van der Waals surface area contributed by atoms with Crippen LogP contribution in [0.3, 0.4) is 0 Å². The van der Waals surface area contributed by atoms with Crippen LogP contribution < -0.4 is 15.8 Å². The summed E-state index contributed by atoms with van der Waals surface area (Å²) in [5.41, 5.74) is 7.70. The van der Waals surface area contributed by atoms with Crippen LogP contribution in [0.2, 0.25) is 0 Å². The average molecular weight is 292 g/mol. The first-order valence-electron chi connectivity index (χ1n) is 5.91. The number of hydrogen-bond donors (Lipinski definition) is 2. The molecule has 0 atom stereocenters. The van der Waals surface area contributed by atoms with Crippen molar-refractivity contribution >= 4 is 26.9 Å². The number of nitrogen functional groups attached to an aromatic ring is 1. The van der Waals surface area contributed by atoms with E-state index in [2.05, 4.69) is 5.32 Å². The number of nitrogens with one attached hydrogen (secondary N) is 1. The molecule has 106 valence electrons. The molecule has 0 radical (unpaired) electrons. The monoisotopic (exact) mass is 292 g/mol. The van der Waals surface area contributed by atoms with Crippen molar-refractivity contribution in [2.24, 2.45) is 0 Å². The zero-order valence-electron chi connectivity index (χ0n) is 11.3. The van der Waals surface area contributed by atoms with Crippen LogP contribution in [0.25, 0.3) is 0 Å². The molecule has 5 nitrogen and oxygen atoms in total. The number of hydrogen-bond acceptors (Lipinski definition) is 5. The van der Waals surface area contributed by atoms with Crippen LogP contribution in [0, 0.1) is 0 Å². The molecule has 0 aliphatic heterocycles. The van der Waals surface area contributed by atoms with Gasteiger partial charge < -0.3 is 15.8 Å². The van der Waals surface area contributed by atoms with Gasteiger partial charge in [0.15, 0.2) is 9.84 Å². The Bertz CT molecular complexity index is 727. The highest BCUT2D eigenvalue weighted by atomic mass is 32.2.